The molecule has 0 bridgehead atoms. The van der Waals surface area contributed by atoms with E-state index in [-0.39, 0.29) is 16.7 Å². The summed E-state index contributed by atoms with van der Waals surface area (Å²) < 4.78 is 30.8. The zero-order valence-electron chi connectivity index (χ0n) is 16.1. The van der Waals surface area contributed by atoms with Crippen LogP contribution in [0, 0.1) is 0 Å². The van der Waals surface area contributed by atoms with Gasteiger partial charge >= 0.3 is 11.8 Å². The molecule has 0 aliphatic carbocycles. The number of benzene rings is 1. The summed E-state index contributed by atoms with van der Waals surface area (Å²) in [5, 5.41) is 10.4. The van der Waals surface area contributed by atoms with Crippen molar-refractivity contribution in [2.75, 3.05) is 40.3 Å². The predicted molar refractivity (Wildman–Crippen MR) is 103 cm³/mol. The van der Waals surface area contributed by atoms with Gasteiger partial charge in [-0.2, -0.15) is 0 Å². The SMILES string of the molecule is CN(C)S(=O)(=O)c1ccc(-c2nnc(C(=O)NCCCN3CCCC3)o2)cc1. The molecule has 1 aromatic heterocycles. The maximum absolute atomic E-state index is 12.1. The molecule has 1 fully saturated rings. The van der Waals surface area contributed by atoms with Crippen LogP contribution in [-0.2, 0) is 10.0 Å². The number of likely N-dealkylation sites (tertiary alicyclic amines) is 1. The number of nitrogens with zero attached hydrogens (tertiary/aromatic N) is 4. The zero-order chi connectivity index (χ0) is 20.1. The van der Waals surface area contributed by atoms with Crippen molar-refractivity contribution in [3.63, 3.8) is 0 Å². The third-order valence-electron chi connectivity index (χ3n) is 4.63. The molecule has 0 atom stereocenters. The van der Waals surface area contributed by atoms with Gasteiger partial charge in [0.05, 0.1) is 4.90 Å². The molecule has 0 spiro atoms. The molecule has 2 heterocycles. The van der Waals surface area contributed by atoms with Crippen LogP contribution < -0.4 is 5.32 Å². The number of aromatic nitrogens is 2. The summed E-state index contributed by atoms with van der Waals surface area (Å²) in [5.74, 6) is -0.357. The Morgan fingerprint density at radius 1 is 1.18 bits per heavy atom. The van der Waals surface area contributed by atoms with Crippen molar-refractivity contribution in [2.24, 2.45) is 0 Å². The summed E-state index contributed by atoms with van der Waals surface area (Å²) in [6.45, 7) is 3.78. The maximum Gasteiger partial charge on any atom is 0.308 e. The Labute approximate surface area is 164 Å². The number of carbonyl (C=O) groups is 1. The molecule has 0 saturated carbocycles. The number of hydrogen-bond donors (Lipinski definition) is 1. The minimum absolute atomic E-state index is 0.110. The molecule has 10 heteroatoms. The first kappa shape index (κ1) is 20.4. The van der Waals surface area contributed by atoms with E-state index in [0.717, 1.165) is 30.4 Å². The Kier molecular flexibility index (Phi) is 6.42. The lowest BCUT2D eigenvalue weighted by molar-refractivity contribution is 0.0918. The Morgan fingerprint density at radius 2 is 1.86 bits per heavy atom. The van der Waals surface area contributed by atoms with Crippen LogP contribution in [0.3, 0.4) is 0 Å². The van der Waals surface area contributed by atoms with Gasteiger partial charge in [0.1, 0.15) is 0 Å². The first-order chi connectivity index (χ1) is 13.4. The van der Waals surface area contributed by atoms with Crippen molar-refractivity contribution in [2.45, 2.75) is 24.2 Å². The van der Waals surface area contributed by atoms with Crippen LogP contribution in [0.25, 0.3) is 11.5 Å². The van der Waals surface area contributed by atoms with E-state index in [9.17, 15) is 13.2 Å². The minimum Gasteiger partial charge on any atom is -0.412 e. The molecular weight excluding hydrogens is 382 g/mol. The van der Waals surface area contributed by atoms with Gasteiger partial charge in [-0.15, -0.1) is 10.2 Å². The highest BCUT2D eigenvalue weighted by Gasteiger charge is 2.19. The molecule has 1 aromatic carbocycles. The van der Waals surface area contributed by atoms with Crippen molar-refractivity contribution in [3.8, 4) is 11.5 Å². The van der Waals surface area contributed by atoms with Crippen LogP contribution in [0.15, 0.2) is 33.6 Å². The van der Waals surface area contributed by atoms with Crippen molar-refractivity contribution < 1.29 is 17.6 Å². The van der Waals surface area contributed by atoms with Crippen molar-refractivity contribution in [3.05, 3.63) is 30.2 Å². The third-order valence-corrected chi connectivity index (χ3v) is 6.46. The molecule has 0 radical (unpaired) electrons. The molecule has 9 nitrogen and oxygen atoms in total. The fraction of sp³-hybridized carbons (Fsp3) is 0.500. The second kappa shape index (κ2) is 8.80. The lowest BCUT2D eigenvalue weighted by atomic mass is 10.2. The van der Waals surface area contributed by atoms with Gasteiger partial charge in [0.15, 0.2) is 0 Å². The Bertz CT molecular complexity index is 902. The maximum atomic E-state index is 12.1. The lowest BCUT2D eigenvalue weighted by Crippen LogP contribution is -2.28. The third kappa shape index (κ3) is 4.75. The topological polar surface area (TPSA) is 109 Å². The second-order valence-electron chi connectivity index (χ2n) is 6.88. The molecule has 3 rings (SSSR count). The molecular formula is C18H25N5O4S. The Balaban J connectivity index is 1.56. The molecule has 152 valence electrons. The van der Waals surface area contributed by atoms with Crippen LogP contribution in [0.1, 0.15) is 29.9 Å². The number of carbonyl (C=O) groups excluding carboxylic acids is 1. The average Bonchev–Trinajstić information content (AvgIpc) is 3.37. The molecule has 1 amide bonds. The van der Waals surface area contributed by atoms with Gasteiger partial charge in [0, 0.05) is 26.2 Å². The fourth-order valence-electron chi connectivity index (χ4n) is 3.00. The van der Waals surface area contributed by atoms with Crippen LogP contribution in [0.4, 0.5) is 0 Å². The van der Waals surface area contributed by atoms with Crippen molar-refractivity contribution in [1.82, 2.24) is 24.7 Å². The smallest absolute Gasteiger partial charge is 0.308 e. The minimum atomic E-state index is -3.50. The quantitative estimate of drug-likeness (QED) is 0.655. The van der Waals surface area contributed by atoms with E-state index in [1.807, 2.05) is 0 Å². The van der Waals surface area contributed by atoms with Gasteiger partial charge in [0.2, 0.25) is 15.9 Å². The second-order valence-corrected chi connectivity index (χ2v) is 9.03. The van der Waals surface area contributed by atoms with Gasteiger partial charge in [-0.1, -0.05) is 0 Å². The fourth-order valence-corrected chi connectivity index (χ4v) is 3.90. The Morgan fingerprint density at radius 3 is 2.50 bits per heavy atom. The number of hydrogen-bond acceptors (Lipinski definition) is 7. The molecule has 0 unspecified atom stereocenters. The standard InChI is InChI=1S/C18H25N5O4S/c1-22(2)28(25,26)15-8-6-14(7-9-15)17-20-21-18(27-17)16(24)19-10-5-13-23-11-3-4-12-23/h6-9H,3-5,10-13H2,1-2H3,(H,19,24). The highest BCUT2D eigenvalue weighted by molar-refractivity contribution is 7.89. The highest BCUT2D eigenvalue weighted by atomic mass is 32.2. The van der Waals surface area contributed by atoms with Crippen LogP contribution in [0.5, 0.6) is 0 Å². The highest BCUT2D eigenvalue weighted by Crippen LogP contribution is 2.21. The molecule has 1 saturated heterocycles. The van der Waals surface area contributed by atoms with Crippen LogP contribution in [0.2, 0.25) is 0 Å². The molecule has 28 heavy (non-hydrogen) atoms. The van der Waals surface area contributed by atoms with E-state index < -0.39 is 15.9 Å². The number of sulfonamides is 1. The first-order valence-electron chi connectivity index (χ1n) is 9.25. The van der Waals surface area contributed by atoms with Crippen LogP contribution in [-0.4, -0.2) is 74.0 Å². The van der Waals surface area contributed by atoms with Gasteiger partial charge in [-0.25, -0.2) is 12.7 Å². The largest absolute Gasteiger partial charge is 0.412 e. The van der Waals surface area contributed by atoms with Crippen molar-refractivity contribution in [1.29, 1.82) is 0 Å². The summed E-state index contributed by atoms with van der Waals surface area (Å²) in [5.41, 5.74) is 0.540. The number of amides is 1. The average molecular weight is 407 g/mol. The number of rotatable bonds is 8. The van der Waals surface area contributed by atoms with Crippen molar-refractivity contribution >= 4 is 15.9 Å². The van der Waals surface area contributed by atoms with Gasteiger partial charge in [-0.3, -0.25) is 4.79 Å². The summed E-state index contributed by atoms with van der Waals surface area (Å²) in [4.78, 5) is 14.7. The lowest BCUT2D eigenvalue weighted by Gasteiger charge is -2.13. The van der Waals surface area contributed by atoms with E-state index in [1.54, 1.807) is 12.1 Å². The molecule has 1 aliphatic rings. The van der Waals surface area contributed by atoms with Crippen LogP contribution >= 0.6 is 0 Å². The van der Waals surface area contributed by atoms with E-state index in [1.165, 1.54) is 39.1 Å². The van der Waals surface area contributed by atoms with E-state index in [0.29, 0.717) is 12.1 Å². The number of nitrogens with one attached hydrogen (secondary N) is 1. The zero-order valence-corrected chi connectivity index (χ0v) is 16.9. The predicted octanol–water partition coefficient (Wildman–Crippen LogP) is 1.20. The first-order valence-corrected chi connectivity index (χ1v) is 10.7. The summed E-state index contributed by atoms with van der Waals surface area (Å²) in [7, 11) is -0.565. The monoisotopic (exact) mass is 407 g/mol. The van der Waals surface area contributed by atoms with E-state index in [4.69, 9.17) is 4.42 Å². The molecule has 1 N–H and O–H groups in total. The normalized spacial score (nSPS) is 15.2. The van der Waals surface area contributed by atoms with Gasteiger partial charge in [0.25, 0.3) is 0 Å². The molecule has 2 aromatic rings. The van der Waals surface area contributed by atoms with E-state index >= 15 is 0 Å². The summed E-state index contributed by atoms with van der Waals surface area (Å²) in [6, 6.07) is 6.07. The molecule has 1 aliphatic heterocycles. The Hall–Kier alpha value is -2.30. The summed E-state index contributed by atoms with van der Waals surface area (Å²) >= 11 is 0. The van der Waals surface area contributed by atoms with Gasteiger partial charge in [-0.05, 0) is 63.2 Å². The van der Waals surface area contributed by atoms with Gasteiger partial charge < -0.3 is 14.6 Å². The summed E-state index contributed by atoms with van der Waals surface area (Å²) in [6.07, 6.45) is 3.37. The van der Waals surface area contributed by atoms with E-state index in [2.05, 4.69) is 20.4 Å².